The fourth-order valence-corrected chi connectivity index (χ4v) is 1.94. The van der Waals surface area contributed by atoms with Gasteiger partial charge in [-0.25, -0.2) is 0 Å². The van der Waals surface area contributed by atoms with Crippen LogP contribution < -0.4 is 5.73 Å². The first-order chi connectivity index (χ1) is 8.25. The number of aromatic nitrogens is 1. The zero-order chi connectivity index (χ0) is 12.1. The molecule has 0 saturated carbocycles. The zero-order valence-electron chi connectivity index (χ0n) is 10.1. The van der Waals surface area contributed by atoms with E-state index in [1.807, 2.05) is 30.6 Å². The van der Waals surface area contributed by atoms with E-state index in [2.05, 4.69) is 30.1 Å². The zero-order valence-corrected chi connectivity index (χ0v) is 10.1. The molecule has 0 spiro atoms. The van der Waals surface area contributed by atoms with Crippen LogP contribution in [0, 0.1) is 6.92 Å². The minimum absolute atomic E-state index is 0.108. The number of nitrogens with zero attached hydrogens (tertiary/aromatic N) is 1. The second-order valence-corrected chi connectivity index (χ2v) is 4.43. The Balaban J connectivity index is 1.95. The summed E-state index contributed by atoms with van der Waals surface area (Å²) in [6.07, 6.45) is 5.73. The monoisotopic (exact) mass is 226 g/mol. The second kappa shape index (κ2) is 5.60. The molecule has 1 heterocycles. The highest BCUT2D eigenvalue weighted by molar-refractivity contribution is 5.20. The number of benzene rings is 1. The highest BCUT2D eigenvalue weighted by atomic mass is 14.6. The predicted octanol–water partition coefficient (Wildman–Crippen LogP) is 3.02. The first-order valence-corrected chi connectivity index (χ1v) is 5.97. The van der Waals surface area contributed by atoms with E-state index in [9.17, 15) is 0 Å². The van der Waals surface area contributed by atoms with Crippen molar-refractivity contribution in [3.8, 4) is 0 Å². The maximum absolute atomic E-state index is 6.16. The lowest BCUT2D eigenvalue weighted by atomic mass is 10.0. The van der Waals surface area contributed by atoms with Crippen LogP contribution in [0.5, 0.6) is 0 Å². The van der Waals surface area contributed by atoms with Crippen molar-refractivity contribution in [3.63, 3.8) is 0 Å². The summed E-state index contributed by atoms with van der Waals surface area (Å²) in [5.74, 6) is 0. The maximum Gasteiger partial charge on any atom is 0.0300 e. The van der Waals surface area contributed by atoms with Crippen LogP contribution in [0.4, 0.5) is 0 Å². The van der Waals surface area contributed by atoms with E-state index in [0.29, 0.717) is 0 Å². The topological polar surface area (TPSA) is 38.9 Å². The van der Waals surface area contributed by atoms with E-state index in [4.69, 9.17) is 5.73 Å². The summed E-state index contributed by atoms with van der Waals surface area (Å²) in [6, 6.07) is 12.5. The van der Waals surface area contributed by atoms with E-state index in [1.54, 1.807) is 0 Å². The van der Waals surface area contributed by atoms with Gasteiger partial charge in [0.15, 0.2) is 0 Å². The number of pyridine rings is 1. The molecule has 1 aromatic heterocycles. The van der Waals surface area contributed by atoms with Gasteiger partial charge in [0.25, 0.3) is 0 Å². The summed E-state index contributed by atoms with van der Waals surface area (Å²) < 4.78 is 0. The van der Waals surface area contributed by atoms with Crippen LogP contribution in [-0.2, 0) is 6.42 Å². The molecule has 0 bridgehead atoms. The molecule has 0 amide bonds. The third kappa shape index (κ3) is 3.40. The van der Waals surface area contributed by atoms with Crippen molar-refractivity contribution in [1.82, 2.24) is 4.98 Å². The van der Waals surface area contributed by atoms with Crippen LogP contribution >= 0.6 is 0 Å². The summed E-state index contributed by atoms with van der Waals surface area (Å²) in [4.78, 5) is 4.19. The summed E-state index contributed by atoms with van der Waals surface area (Å²) in [5.41, 5.74) is 9.83. The second-order valence-electron chi connectivity index (χ2n) is 4.43. The molecule has 0 radical (unpaired) electrons. The van der Waals surface area contributed by atoms with Gasteiger partial charge >= 0.3 is 0 Å². The Hall–Kier alpha value is -1.67. The number of rotatable bonds is 4. The average Bonchev–Trinajstić information content (AvgIpc) is 2.37. The molecule has 88 valence electrons. The number of hydrogen-bond acceptors (Lipinski definition) is 2. The molecule has 2 heteroatoms. The SMILES string of the molecule is Cc1cncc(CCC(N)c2ccccc2)c1. The first-order valence-electron chi connectivity index (χ1n) is 5.97. The molecule has 2 nitrogen and oxygen atoms in total. The minimum Gasteiger partial charge on any atom is -0.324 e. The fourth-order valence-electron chi connectivity index (χ4n) is 1.94. The van der Waals surface area contributed by atoms with Gasteiger partial charge in [-0.2, -0.15) is 0 Å². The molecule has 0 aliphatic rings. The lowest BCUT2D eigenvalue weighted by Gasteiger charge is -2.11. The molecule has 0 aliphatic heterocycles. The molecule has 17 heavy (non-hydrogen) atoms. The number of aryl methyl sites for hydroxylation is 2. The lowest BCUT2D eigenvalue weighted by Crippen LogP contribution is -2.11. The summed E-state index contributed by atoms with van der Waals surface area (Å²) in [6.45, 7) is 2.06. The van der Waals surface area contributed by atoms with Gasteiger partial charge in [-0.15, -0.1) is 0 Å². The first kappa shape index (κ1) is 11.8. The number of nitrogens with two attached hydrogens (primary N) is 1. The van der Waals surface area contributed by atoms with Crippen molar-refractivity contribution in [2.24, 2.45) is 5.73 Å². The van der Waals surface area contributed by atoms with Crippen LogP contribution in [0.3, 0.4) is 0 Å². The van der Waals surface area contributed by atoms with E-state index in [-0.39, 0.29) is 6.04 Å². The van der Waals surface area contributed by atoms with Gasteiger partial charge in [-0.1, -0.05) is 36.4 Å². The van der Waals surface area contributed by atoms with Crippen molar-refractivity contribution < 1.29 is 0 Å². The molecule has 2 aromatic rings. The van der Waals surface area contributed by atoms with Crippen LogP contribution in [0.15, 0.2) is 48.8 Å². The molecular formula is C15H18N2. The normalized spacial score (nSPS) is 12.4. The van der Waals surface area contributed by atoms with Gasteiger partial charge in [0, 0.05) is 18.4 Å². The Morgan fingerprint density at radius 1 is 1.18 bits per heavy atom. The van der Waals surface area contributed by atoms with Crippen LogP contribution in [0.1, 0.15) is 29.2 Å². The highest BCUT2D eigenvalue weighted by Gasteiger charge is 2.05. The third-order valence-corrected chi connectivity index (χ3v) is 2.90. The van der Waals surface area contributed by atoms with Crippen LogP contribution in [-0.4, -0.2) is 4.98 Å². The average molecular weight is 226 g/mol. The van der Waals surface area contributed by atoms with Crippen LogP contribution in [0.25, 0.3) is 0 Å². The maximum atomic E-state index is 6.16. The summed E-state index contributed by atoms with van der Waals surface area (Å²) in [5, 5.41) is 0. The van der Waals surface area contributed by atoms with Crippen molar-refractivity contribution >= 4 is 0 Å². The molecule has 2 rings (SSSR count). The molecule has 0 saturated heterocycles. The third-order valence-electron chi connectivity index (χ3n) is 2.90. The highest BCUT2D eigenvalue weighted by Crippen LogP contribution is 2.16. The van der Waals surface area contributed by atoms with E-state index >= 15 is 0 Å². The van der Waals surface area contributed by atoms with Gasteiger partial charge in [-0.3, -0.25) is 4.98 Å². The van der Waals surface area contributed by atoms with Gasteiger partial charge in [-0.05, 0) is 36.5 Å². The number of hydrogen-bond donors (Lipinski definition) is 1. The van der Waals surface area contributed by atoms with Crippen molar-refractivity contribution in [3.05, 3.63) is 65.5 Å². The Morgan fingerprint density at radius 3 is 2.65 bits per heavy atom. The van der Waals surface area contributed by atoms with Crippen molar-refractivity contribution in [2.45, 2.75) is 25.8 Å². The summed E-state index contributed by atoms with van der Waals surface area (Å²) >= 11 is 0. The smallest absolute Gasteiger partial charge is 0.0300 e. The Morgan fingerprint density at radius 2 is 1.94 bits per heavy atom. The Kier molecular flexibility index (Phi) is 3.89. The predicted molar refractivity (Wildman–Crippen MR) is 70.7 cm³/mol. The van der Waals surface area contributed by atoms with Crippen molar-refractivity contribution in [2.75, 3.05) is 0 Å². The standard InChI is InChI=1S/C15H18N2/c1-12-9-13(11-17-10-12)7-8-15(16)14-5-3-2-4-6-14/h2-6,9-11,15H,7-8,16H2,1H3. The summed E-state index contributed by atoms with van der Waals surface area (Å²) in [7, 11) is 0. The molecule has 1 unspecified atom stereocenters. The molecule has 1 aromatic carbocycles. The Labute approximate surface area is 103 Å². The van der Waals surface area contributed by atoms with Crippen LogP contribution in [0.2, 0.25) is 0 Å². The molecule has 2 N–H and O–H groups in total. The lowest BCUT2D eigenvalue weighted by molar-refractivity contribution is 0.650. The van der Waals surface area contributed by atoms with Crippen molar-refractivity contribution in [1.29, 1.82) is 0 Å². The largest absolute Gasteiger partial charge is 0.324 e. The molecular weight excluding hydrogens is 208 g/mol. The molecule has 0 aliphatic carbocycles. The Bertz CT molecular complexity index is 465. The van der Waals surface area contributed by atoms with E-state index in [0.717, 1.165) is 12.8 Å². The van der Waals surface area contributed by atoms with E-state index in [1.165, 1.54) is 16.7 Å². The fraction of sp³-hybridized carbons (Fsp3) is 0.267. The van der Waals surface area contributed by atoms with E-state index < -0.39 is 0 Å². The molecule has 1 atom stereocenters. The van der Waals surface area contributed by atoms with Gasteiger partial charge < -0.3 is 5.73 Å². The minimum atomic E-state index is 0.108. The van der Waals surface area contributed by atoms with Gasteiger partial charge in [0.05, 0.1) is 0 Å². The van der Waals surface area contributed by atoms with Gasteiger partial charge in [0.1, 0.15) is 0 Å². The van der Waals surface area contributed by atoms with Gasteiger partial charge in [0.2, 0.25) is 0 Å². The molecule has 0 fully saturated rings. The quantitative estimate of drug-likeness (QED) is 0.870.